The van der Waals surface area contributed by atoms with E-state index in [1.807, 2.05) is 42.6 Å². The van der Waals surface area contributed by atoms with E-state index in [4.69, 9.17) is 16.7 Å². The van der Waals surface area contributed by atoms with Gasteiger partial charge in [0, 0.05) is 11.4 Å². The van der Waals surface area contributed by atoms with E-state index in [-0.39, 0.29) is 5.56 Å². The van der Waals surface area contributed by atoms with Crippen molar-refractivity contribution >= 4 is 17.6 Å². The van der Waals surface area contributed by atoms with Crippen molar-refractivity contribution in [3.8, 4) is 11.3 Å². The standard InChI is InChI=1S/C21H21ClN2O2/c1-2-3-8-20-23-13-19(15-9-11-16(12-10-15)21(25)26)24(20)14-17-6-4-5-7-18(17)22/h4-7,9-13H,2-3,8,14H2,1H3,(H,25,26). The van der Waals surface area contributed by atoms with Gasteiger partial charge in [-0.15, -0.1) is 0 Å². The Hall–Kier alpha value is -2.59. The van der Waals surface area contributed by atoms with Crippen LogP contribution in [0.2, 0.25) is 5.02 Å². The van der Waals surface area contributed by atoms with Crippen LogP contribution in [-0.2, 0) is 13.0 Å². The molecule has 26 heavy (non-hydrogen) atoms. The van der Waals surface area contributed by atoms with Crippen LogP contribution in [0.4, 0.5) is 0 Å². The second-order valence-corrected chi connectivity index (χ2v) is 6.63. The minimum Gasteiger partial charge on any atom is -0.478 e. The van der Waals surface area contributed by atoms with Crippen molar-refractivity contribution in [3.63, 3.8) is 0 Å². The van der Waals surface area contributed by atoms with Gasteiger partial charge in [0.15, 0.2) is 0 Å². The summed E-state index contributed by atoms with van der Waals surface area (Å²) in [6.07, 6.45) is 4.92. The molecule has 0 saturated carbocycles. The number of halogens is 1. The highest BCUT2D eigenvalue weighted by molar-refractivity contribution is 6.31. The van der Waals surface area contributed by atoms with Crippen molar-refractivity contribution in [2.24, 2.45) is 0 Å². The lowest BCUT2D eigenvalue weighted by Gasteiger charge is -2.13. The van der Waals surface area contributed by atoms with E-state index < -0.39 is 5.97 Å². The Bertz CT molecular complexity index is 901. The molecular weight excluding hydrogens is 348 g/mol. The van der Waals surface area contributed by atoms with E-state index in [1.54, 1.807) is 12.1 Å². The second-order valence-electron chi connectivity index (χ2n) is 6.22. The first-order valence-corrected chi connectivity index (χ1v) is 9.09. The van der Waals surface area contributed by atoms with Gasteiger partial charge < -0.3 is 9.67 Å². The molecule has 0 aliphatic carbocycles. The molecule has 3 rings (SSSR count). The summed E-state index contributed by atoms with van der Waals surface area (Å²) < 4.78 is 2.17. The molecule has 0 aliphatic rings. The summed E-state index contributed by atoms with van der Waals surface area (Å²) in [6, 6.07) is 14.7. The maximum Gasteiger partial charge on any atom is 0.335 e. The van der Waals surface area contributed by atoms with E-state index in [1.165, 1.54) is 0 Å². The largest absolute Gasteiger partial charge is 0.478 e. The quantitative estimate of drug-likeness (QED) is 0.616. The van der Waals surface area contributed by atoms with Crippen LogP contribution in [0.25, 0.3) is 11.3 Å². The highest BCUT2D eigenvalue weighted by Gasteiger charge is 2.14. The van der Waals surface area contributed by atoms with E-state index >= 15 is 0 Å². The van der Waals surface area contributed by atoms with Crippen LogP contribution in [0.3, 0.4) is 0 Å². The number of imidazole rings is 1. The number of carboxylic acids is 1. The lowest BCUT2D eigenvalue weighted by molar-refractivity contribution is 0.0697. The van der Waals surface area contributed by atoms with Gasteiger partial charge in [0.1, 0.15) is 5.82 Å². The third kappa shape index (κ3) is 3.97. The molecule has 5 heteroatoms. The average molecular weight is 369 g/mol. The molecule has 0 unspecified atom stereocenters. The Morgan fingerprint density at radius 1 is 1.15 bits per heavy atom. The van der Waals surface area contributed by atoms with Crippen LogP contribution in [0, 0.1) is 0 Å². The zero-order valence-corrected chi connectivity index (χ0v) is 15.4. The van der Waals surface area contributed by atoms with Crippen LogP contribution in [0.1, 0.15) is 41.5 Å². The van der Waals surface area contributed by atoms with E-state index in [0.29, 0.717) is 6.54 Å². The SMILES string of the molecule is CCCCc1ncc(-c2ccc(C(=O)O)cc2)n1Cc1ccccc1Cl. The number of hydrogen-bond donors (Lipinski definition) is 1. The lowest BCUT2D eigenvalue weighted by Crippen LogP contribution is -2.07. The fourth-order valence-electron chi connectivity index (χ4n) is 2.94. The Morgan fingerprint density at radius 2 is 1.88 bits per heavy atom. The van der Waals surface area contributed by atoms with Crippen LogP contribution < -0.4 is 0 Å². The van der Waals surface area contributed by atoms with Gasteiger partial charge in [-0.05, 0) is 35.7 Å². The zero-order valence-electron chi connectivity index (χ0n) is 14.7. The number of aromatic carboxylic acids is 1. The first kappa shape index (κ1) is 18.2. The third-order valence-electron chi connectivity index (χ3n) is 4.41. The van der Waals surface area contributed by atoms with Gasteiger partial charge in [0.05, 0.1) is 24.0 Å². The number of carbonyl (C=O) groups is 1. The molecule has 0 amide bonds. The monoisotopic (exact) mass is 368 g/mol. The summed E-state index contributed by atoms with van der Waals surface area (Å²) in [5, 5.41) is 9.83. The molecular formula is C21H21ClN2O2. The number of hydrogen-bond acceptors (Lipinski definition) is 2. The van der Waals surface area contributed by atoms with Crippen molar-refractivity contribution in [1.82, 2.24) is 9.55 Å². The van der Waals surface area contributed by atoms with E-state index in [2.05, 4.69) is 16.5 Å². The molecule has 134 valence electrons. The Balaban J connectivity index is 2.00. The summed E-state index contributed by atoms with van der Waals surface area (Å²) in [6.45, 7) is 2.79. The maximum atomic E-state index is 11.1. The van der Waals surface area contributed by atoms with Crippen molar-refractivity contribution in [1.29, 1.82) is 0 Å². The summed E-state index contributed by atoms with van der Waals surface area (Å²) in [7, 11) is 0. The van der Waals surface area contributed by atoms with Crippen molar-refractivity contribution in [2.45, 2.75) is 32.7 Å². The molecule has 3 aromatic rings. The Labute approximate surface area is 158 Å². The number of aromatic nitrogens is 2. The minimum atomic E-state index is -0.926. The molecule has 1 aromatic heterocycles. The topological polar surface area (TPSA) is 55.1 Å². The Morgan fingerprint density at radius 3 is 2.54 bits per heavy atom. The van der Waals surface area contributed by atoms with Gasteiger partial charge >= 0.3 is 5.97 Å². The van der Waals surface area contributed by atoms with Crippen LogP contribution in [-0.4, -0.2) is 20.6 Å². The molecule has 0 atom stereocenters. The summed E-state index contributed by atoms with van der Waals surface area (Å²) in [4.78, 5) is 15.7. The fourth-order valence-corrected chi connectivity index (χ4v) is 3.13. The van der Waals surface area contributed by atoms with Gasteiger partial charge in [0.25, 0.3) is 0 Å². The first-order chi connectivity index (χ1) is 12.6. The normalized spacial score (nSPS) is 10.8. The maximum absolute atomic E-state index is 11.1. The number of rotatable bonds is 7. The molecule has 0 spiro atoms. The van der Waals surface area contributed by atoms with Gasteiger partial charge in [-0.25, -0.2) is 9.78 Å². The number of unbranched alkanes of at least 4 members (excludes halogenated alkanes) is 1. The van der Waals surface area contributed by atoms with Gasteiger partial charge in [-0.1, -0.05) is 55.3 Å². The molecule has 0 aliphatic heterocycles. The number of aryl methyl sites for hydroxylation is 1. The molecule has 1 N–H and O–H groups in total. The molecule has 0 saturated heterocycles. The summed E-state index contributed by atoms with van der Waals surface area (Å²) >= 11 is 6.35. The van der Waals surface area contributed by atoms with Gasteiger partial charge in [0.2, 0.25) is 0 Å². The first-order valence-electron chi connectivity index (χ1n) is 8.71. The highest BCUT2D eigenvalue weighted by atomic mass is 35.5. The van der Waals surface area contributed by atoms with E-state index in [0.717, 1.165) is 46.9 Å². The zero-order chi connectivity index (χ0) is 18.5. The van der Waals surface area contributed by atoms with Gasteiger partial charge in [-0.3, -0.25) is 0 Å². The summed E-state index contributed by atoms with van der Waals surface area (Å²) in [5.74, 6) is 0.0915. The lowest BCUT2D eigenvalue weighted by atomic mass is 10.1. The van der Waals surface area contributed by atoms with Crippen molar-refractivity contribution < 1.29 is 9.90 Å². The molecule has 0 fully saturated rings. The van der Waals surface area contributed by atoms with Crippen LogP contribution in [0.5, 0.6) is 0 Å². The molecule has 2 aromatic carbocycles. The molecule has 1 heterocycles. The van der Waals surface area contributed by atoms with Crippen molar-refractivity contribution in [3.05, 3.63) is 76.7 Å². The smallest absolute Gasteiger partial charge is 0.335 e. The number of carboxylic acid groups (broad SMARTS) is 1. The second kappa shape index (κ2) is 8.19. The number of nitrogens with zero attached hydrogens (tertiary/aromatic N) is 2. The predicted molar refractivity (Wildman–Crippen MR) is 104 cm³/mol. The van der Waals surface area contributed by atoms with E-state index in [9.17, 15) is 4.79 Å². The third-order valence-corrected chi connectivity index (χ3v) is 4.77. The molecule has 0 bridgehead atoms. The summed E-state index contributed by atoms with van der Waals surface area (Å²) in [5.41, 5.74) is 3.22. The molecule has 4 nitrogen and oxygen atoms in total. The van der Waals surface area contributed by atoms with Crippen molar-refractivity contribution in [2.75, 3.05) is 0 Å². The Kier molecular flexibility index (Phi) is 5.74. The average Bonchev–Trinajstić information content (AvgIpc) is 3.04. The highest BCUT2D eigenvalue weighted by Crippen LogP contribution is 2.25. The predicted octanol–water partition coefficient (Wildman–Crippen LogP) is 5.29. The van der Waals surface area contributed by atoms with Gasteiger partial charge in [-0.2, -0.15) is 0 Å². The number of benzene rings is 2. The van der Waals surface area contributed by atoms with Crippen LogP contribution in [0.15, 0.2) is 54.7 Å². The fraction of sp³-hybridized carbons (Fsp3) is 0.238. The van der Waals surface area contributed by atoms with Crippen LogP contribution >= 0.6 is 11.6 Å². The minimum absolute atomic E-state index is 0.275. The molecule has 0 radical (unpaired) electrons.